The van der Waals surface area contributed by atoms with Crippen LogP contribution in [0, 0.1) is 10.1 Å². The first kappa shape index (κ1) is 9.60. The molecular formula is C9H7N3O2S. The normalized spacial score (nSPS) is 10.1. The van der Waals surface area contributed by atoms with E-state index in [9.17, 15) is 10.1 Å². The van der Waals surface area contributed by atoms with Gasteiger partial charge in [-0.3, -0.25) is 10.1 Å². The molecule has 2 aromatic rings. The van der Waals surface area contributed by atoms with Gasteiger partial charge in [0.2, 0.25) is 0 Å². The number of thiophene rings is 1. The van der Waals surface area contributed by atoms with Crippen LogP contribution in [0.3, 0.4) is 0 Å². The smallest absolute Gasteiger partial charge is 0.324 e. The maximum atomic E-state index is 10.5. The molecule has 5 nitrogen and oxygen atoms in total. The molecule has 2 N–H and O–H groups in total. The van der Waals surface area contributed by atoms with Crippen molar-refractivity contribution in [2.24, 2.45) is 0 Å². The third-order valence-corrected chi connectivity index (χ3v) is 2.95. The minimum Gasteiger partial charge on any atom is -0.383 e. The number of aromatic nitrogens is 1. The summed E-state index contributed by atoms with van der Waals surface area (Å²) in [5, 5.41) is 10.6. The zero-order chi connectivity index (χ0) is 10.8. The Morgan fingerprint density at radius 2 is 2.20 bits per heavy atom. The molecule has 0 radical (unpaired) electrons. The third kappa shape index (κ3) is 1.79. The van der Waals surface area contributed by atoms with Gasteiger partial charge in [0.25, 0.3) is 0 Å². The molecule has 0 saturated heterocycles. The predicted octanol–water partition coefficient (Wildman–Crippen LogP) is 2.30. The van der Waals surface area contributed by atoms with Crippen LogP contribution in [0.15, 0.2) is 30.5 Å². The van der Waals surface area contributed by atoms with Gasteiger partial charge >= 0.3 is 5.00 Å². The maximum absolute atomic E-state index is 10.5. The highest BCUT2D eigenvalue weighted by atomic mass is 32.1. The Morgan fingerprint density at radius 3 is 2.80 bits per heavy atom. The summed E-state index contributed by atoms with van der Waals surface area (Å²) in [5.41, 5.74) is 6.40. The van der Waals surface area contributed by atoms with Crippen LogP contribution >= 0.6 is 11.3 Å². The summed E-state index contributed by atoms with van der Waals surface area (Å²) in [4.78, 5) is 14.8. The lowest BCUT2D eigenvalue weighted by Gasteiger charge is -1.99. The molecule has 0 aliphatic carbocycles. The first-order valence-corrected chi connectivity index (χ1v) is 4.95. The van der Waals surface area contributed by atoms with Crippen LogP contribution in [0.25, 0.3) is 10.4 Å². The molecule has 0 bridgehead atoms. The molecule has 2 aromatic heterocycles. The SMILES string of the molecule is Nc1ncccc1-c1ccc([N+](=O)[O-])s1. The largest absolute Gasteiger partial charge is 0.383 e. The molecule has 0 saturated carbocycles. The average Bonchev–Trinajstić information content (AvgIpc) is 2.67. The molecule has 0 aliphatic rings. The van der Waals surface area contributed by atoms with Crippen molar-refractivity contribution in [1.82, 2.24) is 4.98 Å². The van der Waals surface area contributed by atoms with Crippen LogP contribution < -0.4 is 5.73 Å². The van der Waals surface area contributed by atoms with E-state index in [0.29, 0.717) is 5.82 Å². The number of hydrogen-bond acceptors (Lipinski definition) is 5. The molecule has 0 fully saturated rings. The molecule has 6 heteroatoms. The van der Waals surface area contributed by atoms with Crippen molar-refractivity contribution >= 4 is 22.2 Å². The lowest BCUT2D eigenvalue weighted by molar-refractivity contribution is -0.380. The average molecular weight is 221 g/mol. The van der Waals surface area contributed by atoms with Gasteiger partial charge in [0, 0.05) is 22.7 Å². The van der Waals surface area contributed by atoms with Crippen LogP contribution in [0.2, 0.25) is 0 Å². The number of nitrogens with two attached hydrogens (primary N) is 1. The van der Waals surface area contributed by atoms with Crippen molar-refractivity contribution in [3.05, 3.63) is 40.6 Å². The highest BCUT2D eigenvalue weighted by Gasteiger charge is 2.12. The monoisotopic (exact) mass is 221 g/mol. The quantitative estimate of drug-likeness (QED) is 0.623. The Morgan fingerprint density at radius 1 is 1.40 bits per heavy atom. The van der Waals surface area contributed by atoms with Gasteiger partial charge in [-0.1, -0.05) is 11.3 Å². The van der Waals surface area contributed by atoms with Crippen molar-refractivity contribution in [2.45, 2.75) is 0 Å². The molecule has 2 rings (SSSR count). The van der Waals surface area contributed by atoms with Gasteiger partial charge < -0.3 is 5.73 Å². The van der Waals surface area contributed by atoms with E-state index in [1.54, 1.807) is 24.4 Å². The van der Waals surface area contributed by atoms with Crippen LogP contribution in [0.1, 0.15) is 0 Å². The Labute approximate surface area is 89.3 Å². The van der Waals surface area contributed by atoms with E-state index in [0.717, 1.165) is 21.8 Å². The fourth-order valence-electron chi connectivity index (χ4n) is 1.20. The molecule has 0 spiro atoms. The molecule has 0 amide bonds. The van der Waals surface area contributed by atoms with Crippen LogP contribution in [0.5, 0.6) is 0 Å². The molecule has 0 aliphatic heterocycles. The first-order chi connectivity index (χ1) is 7.18. The topological polar surface area (TPSA) is 82.0 Å². The van der Waals surface area contributed by atoms with Crippen molar-refractivity contribution in [2.75, 3.05) is 5.73 Å². The Balaban J connectivity index is 2.46. The number of nitrogens with zero attached hydrogens (tertiary/aromatic N) is 2. The van der Waals surface area contributed by atoms with E-state index in [-0.39, 0.29) is 5.00 Å². The number of pyridine rings is 1. The standard InChI is InChI=1S/C9H7N3O2S/c10-9-6(2-1-5-11-9)7-3-4-8(15-7)12(13)14/h1-5H,(H2,10,11). The highest BCUT2D eigenvalue weighted by molar-refractivity contribution is 7.18. The van der Waals surface area contributed by atoms with Crippen molar-refractivity contribution < 1.29 is 4.92 Å². The Bertz CT molecular complexity index is 510. The van der Waals surface area contributed by atoms with Crippen LogP contribution in [0.4, 0.5) is 10.8 Å². The molecule has 0 aromatic carbocycles. The highest BCUT2D eigenvalue weighted by Crippen LogP contribution is 2.34. The van der Waals surface area contributed by atoms with Gasteiger partial charge in [0.05, 0.1) is 4.92 Å². The summed E-state index contributed by atoms with van der Waals surface area (Å²) in [5.74, 6) is 0.384. The van der Waals surface area contributed by atoms with Gasteiger partial charge in [-0.05, 0) is 18.2 Å². The molecule has 0 atom stereocenters. The summed E-state index contributed by atoms with van der Waals surface area (Å²) >= 11 is 1.09. The van der Waals surface area contributed by atoms with E-state index in [1.165, 1.54) is 6.07 Å². The summed E-state index contributed by atoms with van der Waals surface area (Å²) in [6.45, 7) is 0. The second kappa shape index (κ2) is 3.66. The van der Waals surface area contributed by atoms with Crippen molar-refractivity contribution in [3.8, 4) is 10.4 Å². The summed E-state index contributed by atoms with van der Waals surface area (Å²) in [7, 11) is 0. The fourth-order valence-corrected chi connectivity index (χ4v) is 2.05. The zero-order valence-corrected chi connectivity index (χ0v) is 8.40. The second-order valence-electron chi connectivity index (χ2n) is 2.83. The minimum atomic E-state index is -0.416. The summed E-state index contributed by atoms with van der Waals surface area (Å²) < 4.78 is 0. The lowest BCUT2D eigenvalue weighted by atomic mass is 10.2. The van der Waals surface area contributed by atoms with Crippen molar-refractivity contribution in [1.29, 1.82) is 0 Å². The molecule has 76 valence electrons. The number of nitrogen functional groups attached to an aromatic ring is 1. The van der Waals surface area contributed by atoms with E-state index >= 15 is 0 Å². The molecule has 15 heavy (non-hydrogen) atoms. The minimum absolute atomic E-state index is 0.105. The van der Waals surface area contributed by atoms with Crippen LogP contribution in [-0.4, -0.2) is 9.91 Å². The van der Waals surface area contributed by atoms with E-state index < -0.39 is 4.92 Å². The zero-order valence-electron chi connectivity index (χ0n) is 7.58. The molecule has 0 unspecified atom stereocenters. The van der Waals surface area contributed by atoms with E-state index in [1.807, 2.05) is 0 Å². The number of hydrogen-bond donors (Lipinski definition) is 1. The van der Waals surface area contributed by atoms with Crippen molar-refractivity contribution in [3.63, 3.8) is 0 Å². The maximum Gasteiger partial charge on any atom is 0.324 e. The van der Waals surface area contributed by atoms with E-state index in [2.05, 4.69) is 4.98 Å². The van der Waals surface area contributed by atoms with Gasteiger partial charge in [-0.2, -0.15) is 0 Å². The van der Waals surface area contributed by atoms with Gasteiger partial charge in [0.1, 0.15) is 5.82 Å². The Kier molecular flexibility index (Phi) is 2.34. The number of rotatable bonds is 2. The van der Waals surface area contributed by atoms with E-state index in [4.69, 9.17) is 5.73 Å². The summed E-state index contributed by atoms with van der Waals surface area (Å²) in [6.07, 6.45) is 1.58. The third-order valence-electron chi connectivity index (χ3n) is 1.88. The Hall–Kier alpha value is -1.95. The second-order valence-corrected chi connectivity index (χ2v) is 3.89. The summed E-state index contributed by atoms with van der Waals surface area (Å²) in [6, 6.07) is 6.68. The number of anilines is 1. The predicted molar refractivity (Wildman–Crippen MR) is 58.6 cm³/mol. The lowest BCUT2D eigenvalue weighted by Crippen LogP contribution is -1.91. The first-order valence-electron chi connectivity index (χ1n) is 4.13. The number of nitro groups is 1. The molecular weight excluding hydrogens is 214 g/mol. The van der Waals surface area contributed by atoms with Gasteiger partial charge in [-0.15, -0.1) is 0 Å². The van der Waals surface area contributed by atoms with Crippen LogP contribution in [-0.2, 0) is 0 Å². The van der Waals surface area contributed by atoms with Gasteiger partial charge in [0.15, 0.2) is 0 Å². The van der Waals surface area contributed by atoms with Gasteiger partial charge in [-0.25, -0.2) is 4.98 Å². The molecule has 2 heterocycles. The fraction of sp³-hybridized carbons (Fsp3) is 0.